The summed E-state index contributed by atoms with van der Waals surface area (Å²) in [6.07, 6.45) is 4.63. The number of ether oxygens (including phenoxy) is 3. The standard InChI is InChI=1S/C38H39F2N3O6.C2H7N.C2H6/c1-41-17-13-30(14-18-41)48-36-20-26(31-22-28(43(45)46)8-12-34(31)49-35-11-7-27(39)21-33(35)40)19-32(38(24-44)15-4-16-38)37(36)42(2)23-25-5-9-29(47-3)10-6-25;1-3-2;1-2/h5-12,19-22,24,30H,4,13-18,23H2,1-3H3;3H,1-2H3;1-2H3. The van der Waals surface area contributed by atoms with Crippen molar-refractivity contribution in [1.82, 2.24) is 10.2 Å². The first kappa shape index (κ1) is 41.7. The molecule has 1 saturated carbocycles. The van der Waals surface area contributed by atoms with Crippen LogP contribution in [0.1, 0.15) is 57.1 Å². The number of aldehydes is 1. The Labute approximate surface area is 317 Å². The maximum absolute atomic E-state index is 14.8. The predicted molar refractivity (Wildman–Crippen MR) is 209 cm³/mol. The second-order valence-electron chi connectivity index (χ2n) is 13.4. The number of piperidine rings is 1. The van der Waals surface area contributed by atoms with Gasteiger partial charge in [0.2, 0.25) is 0 Å². The summed E-state index contributed by atoms with van der Waals surface area (Å²) >= 11 is 0. The minimum absolute atomic E-state index is 0.102. The van der Waals surface area contributed by atoms with Gasteiger partial charge >= 0.3 is 0 Å². The zero-order chi connectivity index (χ0) is 39.4. The number of carbonyl (C=O) groups is 1. The number of benzene rings is 4. The molecule has 290 valence electrons. The van der Waals surface area contributed by atoms with Gasteiger partial charge in [0, 0.05) is 50.4 Å². The molecule has 1 N–H and O–H groups in total. The summed E-state index contributed by atoms with van der Waals surface area (Å²) in [5.41, 5.74) is 2.35. The number of rotatable bonds is 12. The molecule has 0 atom stereocenters. The number of carbonyl (C=O) groups excluding carboxylic acids is 1. The van der Waals surface area contributed by atoms with Crippen LogP contribution in [0.5, 0.6) is 23.0 Å². The molecule has 0 radical (unpaired) electrons. The molecule has 0 spiro atoms. The van der Waals surface area contributed by atoms with Gasteiger partial charge in [0.25, 0.3) is 5.69 Å². The van der Waals surface area contributed by atoms with Crippen LogP contribution in [0.2, 0.25) is 0 Å². The van der Waals surface area contributed by atoms with Crippen LogP contribution in [0, 0.1) is 21.7 Å². The zero-order valence-electron chi connectivity index (χ0n) is 32.3. The third-order valence-corrected chi connectivity index (χ3v) is 9.60. The number of likely N-dealkylation sites (tertiary alicyclic amines) is 1. The Kier molecular flexibility index (Phi) is 14.9. The van der Waals surface area contributed by atoms with Crippen LogP contribution in [0.4, 0.5) is 20.2 Å². The number of nitrogens with zero attached hydrogens (tertiary/aromatic N) is 3. The largest absolute Gasteiger partial charge is 0.497 e. The molecule has 1 aliphatic heterocycles. The van der Waals surface area contributed by atoms with Crippen molar-refractivity contribution in [3.63, 3.8) is 0 Å². The smallest absolute Gasteiger partial charge is 0.270 e. The van der Waals surface area contributed by atoms with E-state index < -0.39 is 22.0 Å². The van der Waals surface area contributed by atoms with E-state index in [1.54, 1.807) is 7.11 Å². The van der Waals surface area contributed by atoms with Crippen LogP contribution in [0.25, 0.3) is 11.1 Å². The fourth-order valence-electron chi connectivity index (χ4n) is 6.62. The molecule has 1 saturated heterocycles. The molecule has 1 aliphatic carbocycles. The number of non-ortho nitro benzene ring substituents is 1. The van der Waals surface area contributed by atoms with Crippen LogP contribution >= 0.6 is 0 Å². The molecular formula is C42H52F2N4O6. The second-order valence-corrected chi connectivity index (χ2v) is 13.4. The van der Waals surface area contributed by atoms with E-state index in [4.69, 9.17) is 14.2 Å². The van der Waals surface area contributed by atoms with Crippen molar-refractivity contribution in [2.24, 2.45) is 0 Å². The van der Waals surface area contributed by atoms with E-state index in [1.165, 1.54) is 24.3 Å². The molecule has 4 aromatic rings. The third kappa shape index (κ3) is 9.91. The van der Waals surface area contributed by atoms with E-state index in [0.717, 1.165) is 67.3 Å². The maximum Gasteiger partial charge on any atom is 0.270 e. The number of nitrogens with one attached hydrogen (secondary N) is 1. The molecule has 0 amide bonds. The number of hydrogen-bond acceptors (Lipinski definition) is 9. The van der Waals surface area contributed by atoms with Gasteiger partial charge in [0.15, 0.2) is 11.6 Å². The van der Waals surface area contributed by atoms with Gasteiger partial charge < -0.3 is 34.1 Å². The molecule has 54 heavy (non-hydrogen) atoms. The lowest BCUT2D eigenvalue weighted by Crippen LogP contribution is -2.38. The first-order valence-corrected chi connectivity index (χ1v) is 18.3. The normalized spacial score (nSPS) is 15.0. The number of nitro groups is 1. The van der Waals surface area contributed by atoms with Crippen LogP contribution in [0.15, 0.2) is 72.8 Å². The summed E-state index contributed by atoms with van der Waals surface area (Å²) in [6, 6.07) is 18.5. The lowest BCUT2D eigenvalue weighted by atomic mass is 9.64. The first-order chi connectivity index (χ1) is 26.0. The Hall–Kier alpha value is -5.07. The topological polar surface area (TPSA) is 106 Å². The van der Waals surface area contributed by atoms with Gasteiger partial charge in [-0.3, -0.25) is 10.1 Å². The minimum atomic E-state index is -0.916. The fourth-order valence-corrected chi connectivity index (χ4v) is 6.62. The highest BCUT2D eigenvalue weighted by atomic mass is 19.1. The van der Waals surface area contributed by atoms with Gasteiger partial charge in [0.1, 0.15) is 35.5 Å². The van der Waals surface area contributed by atoms with Gasteiger partial charge in [-0.1, -0.05) is 32.4 Å². The Morgan fingerprint density at radius 2 is 1.61 bits per heavy atom. The quantitative estimate of drug-likeness (QED) is 0.0864. The lowest BCUT2D eigenvalue weighted by Gasteiger charge is -2.41. The van der Waals surface area contributed by atoms with Crippen molar-refractivity contribution in [3.8, 4) is 34.1 Å². The number of anilines is 1. The van der Waals surface area contributed by atoms with Gasteiger partial charge in [-0.2, -0.15) is 0 Å². The van der Waals surface area contributed by atoms with E-state index in [0.29, 0.717) is 42.3 Å². The van der Waals surface area contributed by atoms with Crippen LogP contribution in [-0.4, -0.2) is 70.6 Å². The molecule has 6 rings (SSSR count). The zero-order valence-corrected chi connectivity index (χ0v) is 32.3. The van der Waals surface area contributed by atoms with E-state index in [-0.39, 0.29) is 23.3 Å². The van der Waals surface area contributed by atoms with Crippen LogP contribution in [0.3, 0.4) is 0 Å². The van der Waals surface area contributed by atoms with Gasteiger partial charge in [-0.15, -0.1) is 0 Å². The van der Waals surface area contributed by atoms with E-state index in [2.05, 4.69) is 22.2 Å². The van der Waals surface area contributed by atoms with Crippen molar-refractivity contribution in [3.05, 3.63) is 106 Å². The molecule has 1 heterocycles. The molecule has 2 fully saturated rings. The maximum atomic E-state index is 14.8. The molecule has 2 aliphatic rings. The number of halogens is 2. The molecule has 0 bridgehead atoms. The molecule has 10 nitrogen and oxygen atoms in total. The van der Waals surface area contributed by atoms with Gasteiger partial charge in [0.05, 0.1) is 23.1 Å². The number of nitro benzene ring substituents is 1. The highest BCUT2D eigenvalue weighted by molar-refractivity contribution is 5.84. The van der Waals surface area contributed by atoms with Crippen molar-refractivity contribution in [2.45, 2.75) is 64.0 Å². The monoisotopic (exact) mass is 746 g/mol. The summed E-state index contributed by atoms with van der Waals surface area (Å²) in [7, 11) is 9.40. The van der Waals surface area contributed by atoms with Crippen molar-refractivity contribution >= 4 is 17.7 Å². The van der Waals surface area contributed by atoms with Crippen molar-refractivity contribution in [1.29, 1.82) is 0 Å². The highest BCUT2D eigenvalue weighted by Gasteiger charge is 2.42. The van der Waals surface area contributed by atoms with E-state index in [9.17, 15) is 23.7 Å². The summed E-state index contributed by atoms with van der Waals surface area (Å²) in [5.74, 6) is -0.507. The van der Waals surface area contributed by atoms with Crippen LogP contribution in [-0.2, 0) is 16.8 Å². The first-order valence-electron chi connectivity index (χ1n) is 18.3. The van der Waals surface area contributed by atoms with Crippen molar-refractivity contribution < 1.29 is 32.7 Å². The van der Waals surface area contributed by atoms with Gasteiger partial charge in [-0.05, 0) is 106 Å². The molecule has 12 heteroatoms. The summed E-state index contributed by atoms with van der Waals surface area (Å²) in [4.78, 5) is 28.7. The fraction of sp³-hybridized carbons (Fsp3) is 0.405. The Morgan fingerprint density at radius 1 is 0.963 bits per heavy atom. The molecule has 0 aromatic heterocycles. The second kappa shape index (κ2) is 19.3. The average molecular weight is 747 g/mol. The van der Waals surface area contributed by atoms with Gasteiger partial charge in [-0.25, -0.2) is 8.78 Å². The number of hydrogen-bond donors (Lipinski definition) is 1. The molecule has 4 aromatic carbocycles. The average Bonchev–Trinajstić information content (AvgIpc) is 3.15. The van der Waals surface area contributed by atoms with Crippen molar-refractivity contribution in [2.75, 3.05) is 53.3 Å². The summed E-state index contributed by atoms with van der Waals surface area (Å²) in [5, 5.41) is 14.7. The van der Waals surface area contributed by atoms with E-state index >= 15 is 0 Å². The summed E-state index contributed by atoms with van der Waals surface area (Å²) < 4.78 is 46.6. The third-order valence-electron chi connectivity index (χ3n) is 9.60. The minimum Gasteiger partial charge on any atom is -0.497 e. The lowest BCUT2D eigenvalue weighted by molar-refractivity contribution is -0.384. The Morgan fingerprint density at radius 3 is 2.17 bits per heavy atom. The summed E-state index contributed by atoms with van der Waals surface area (Å²) in [6.45, 7) is 6.22. The Balaban J connectivity index is 0.00000124. The van der Waals surface area contributed by atoms with Crippen LogP contribution < -0.4 is 24.4 Å². The van der Waals surface area contributed by atoms with E-state index in [1.807, 2.05) is 71.4 Å². The molecule has 0 unspecified atom stereocenters. The molecular weight excluding hydrogens is 694 g/mol. The predicted octanol–water partition coefficient (Wildman–Crippen LogP) is 8.93. The highest BCUT2D eigenvalue weighted by Crippen LogP contribution is 2.51. The SMILES string of the molecule is CC.CNC.COc1ccc(CN(C)c2c(OC3CCN(C)CC3)cc(-c3cc([N+](=O)[O-])ccc3Oc3ccc(F)cc3F)cc2C2(C=O)CCC2)cc1. The Bertz CT molecular complexity index is 1860. The number of methoxy groups -OCH3 is 1.